The summed E-state index contributed by atoms with van der Waals surface area (Å²) in [5.41, 5.74) is 1.29. The molecule has 0 aliphatic carbocycles. The molecule has 0 spiro atoms. The van der Waals surface area contributed by atoms with Crippen LogP contribution in [-0.4, -0.2) is 16.1 Å². The molecule has 0 atom stereocenters. The van der Waals surface area contributed by atoms with Crippen LogP contribution in [0.15, 0.2) is 28.6 Å². The molecular weight excluding hydrogens is 194 g/mol. The monoisotopic (exact) mass is 207 g/mol. The number of hydrogen-bond donors (Lipinski definition) is 2. The molecule has 2 N–H and O–H groups in total. The van der Waals surface area contributed by atoms with Crippen LogP contribution in [0.2, 0.25) is 0 Å². The minimum absolute atomic E-state index is 0.164. The van der Waals surface area contributed by atoms with Gasteiger partial charge in [0.25, 0.3) is 5.56 Å². The first-order chi connectivity index (χ1) is 7.08. The molecule has 1 amide bonds. The number of carbonyl (C=O) groups excluding carboxylic acids is 1. The van der Waals surface area contributed by atoms with Crippen LogP contribution in [0.5, 0.6) is 0 Å². The Hall–Kier alpha value is -1.91. The predicted molar refractivity (Wildman–Crippen MR) is 56.1 cm³/mol. The number of nitrogens with zero attached hydrogens (tertiary/aromatic N) is 1. The molecular formula is C10H13N3O2. The van der Waals surface area contributed by atoms with Gasteiger partial charge in [-0.3, -0.25) is 9.59 Å². The van der Waals surface area contributed by atoms with E-state index in [1.54, 1.807) is 6.07 Å². The van der Waals surface area contributed by atoms with Crippen molar-refractivity contribution in [3.63, 3.8) is 0 Å². The molecule has 1 rings (SSSR count). The molecule has 0 aromatic carbocycles. The van der Waals surface area contributed by atoms with Gasteiger partial charge in [0, 0.05) is 12.1 Å². The minimum atomic E-state index is -0.255. The fourth-order valence-electron chi connectivity index (χ4n) is 0.963. The second-order valence-corrected chi connectivity index (χ2v) is 3.35. The van der Waals surface area contributed by atoms with Crippen LogP contribution in [0.1, 0.15) is 19.5 Å². The molecule has 1 aromatic heterocycles. The SMILES string of the molecule is CC(C)=CC(=O)NCc1ccc(=O)[nH]n1. The standard InChI is InChI=1S/C10H13N3O2/c1-7(2)5-10(15)11-6-8-3-4-9(14)13-12-8/h3-5H,6H2,1-2H3,(H,11,15)(H,13,14). The van der Waals surface area contributed by atoms with E-state index < -0.39 is 0 Å². The lowest BCUT2D eigenvalue weighted by Crippen LogP contribution is -2.22. The predicted octanol–water partition coefficient (Wildman–Crippen LogP) is 0.352. The van der Waals surface area contributed by atoms with Crippen molar-refractivity contribution in [2.75, 3.05) is 0 Å². The maximum atomic E-state index is 11.2. The van der Waals surface area contributed by atoms with Crippen molar-refractivity contribution >= 4 is 5.91 Å². The average molecular weight is 207 g/mol. The third-order valence-electron chi connectivity index (χ3n) is 1.60. The number of nitrogens with one attached hydrogen (secondary N) is 2. The highest BCUT2D eigenvalue weighted by atomic mass is 16.1. The Kier molecular flexibility index (Phi) is 3.79. The van der Waals surface area contributed by atoms with Gasteiger partial charge in [0.15, 0.2) is 0 Å². The smallest absolute Gasteiger partial charge is 0.264 e. The van der Waals surface area contributed by atoms with Gasteiger partial charge in [-0.2, -0.15) is 5.10 Å². The first-order valence-corrected chi connectivity index (χ1v) is 4.55. The van der Waals surface area contributed by atoms with Crippen molar-refractivity contribution in [3.05, 3.63) is 39.8 Å². The maximum Gasteiger partial charge on any atom is 0.264 e. The van der Waals surface area contributed by atoms with Crippen molar-refractivity contribution in [1.29, 1.82) is 0 Å². The number of aromatic nitrogens is 2. The molecule has 0 aliphatic rings. The summed E-state index contributed by atoms with van der Waals surface area (Å²) in [6.45, 7) is 4.00. The fourth-order valence-corrected chi connectivity index (χ4v) is 0.963. The van der Waals surface area contributed by atoms with Crippen LogP contribution in [0, 0.1) is 0 Å². The number of rotatable bonds is 3. The zero-order valence-corrected chi connectivity index (χ0v) is 8.70. The summed E-state index contributed by atoms with van der Waals surface area (Å²) in [4.78, 5) is 21.9. The van der Waals surface area contributed by atoms with Gasteiger partial charge in [0.1, 0.15) is 0 Å². The van der Waals surface area contributed by atoms with Crippen molar-refractivity contribution in [1.82, 2.24) is 15.5 Å². The fraction of sp³-hybridized carbons (Fsp3) is 0.300. The van der Waals surface area contributed by atoms with Gasteiger partial charge in [0.2, 0.25) is 5.91 Å². The normalized spacial score (nSPS) is 9.47. The van der Waals surface area contributed by atoms with Gasteiger partial charge >= 0.3 is 0 Å². The van der Waals surface area contributed by atoms with Gasteiger partial charge < -0.3 is 5.32 Å². The lowest BCUT2D eigenvalue weighted by Gasteiger charge is -2.00. The Morgan fingerprint density at radius 3 is 2.80 bits per heavy atom. The van der Waals surface area contributed by atoms with Crippen LogP contribution in [-0.2, 0) is 11.3 Å². The molecule has 0 saturated heterocycles. The third-order valence-corrected chi connectivity index (χ3v) is 1.60. The van der Waals surface area contributed by atoms with E-state index in [2.05, 4.69) is 15.5 Å². The summed E-state index contributed by atoms with van der Waals surface area (Å²) in [5, 5.41) is 8.70. The quantitative estimate of drug-likeness (QED) is 0.702. The molecule has 0 radical (unpaired) electrons. The van der Waals surface area contributed by atoms with E-state index in [0.717, 1.165) is 5.57 Å². The number of hydrogen-bond acceptors (Lipinski definition) is 3. The van der Waals surface area contributed by atoms with Crippen LogP contribution in [0.25, 0.3) is 0 Å². The zero-order valence-electron chi connectivity index (χ0n) is 8.70. The molecule has 15 heavy (non-hydrogen) atoms. The van der Waals surface area contributed by atoms with E-state index in [4.69, 9.17) is 0 Å². The largest absolute Gasteiger partial charge is 0.347 e. The summed E-state index contributed by atoms with van der Waals surface area (Å²) < 4.78 is 0. The number of aromatic amines is 1. The highest BCUT2D eigenvalue weighted by Crippen LogP contribution is 1.90. The second kappa shape index (κ2) is 5.09. The topological polar surface area (TPSA) is 74.8 Å². The average Bonchev–Trinajstić information content (AvgIpc) is 2.16. The first-order valence-electron chi connectivity index (χ1n) is 4.55. The third kappa shape index (κ3) is 4.21. The van der Waals surface area contributed by atoms with Crippen LogP contribution in [0.4, 0.5) is 0 Å². The van der Waals surface area contributed by atoms with E-state index >= 15 is 0 Å². The van der Waals surface area contributed by atoms with Crippen molar-refractivity contribution < 1.29 is 4.79 Å². The Morgan fingerprint density at radius 1 is 1.53 bits per heavy atom. The van der Waals surface area contributed by atoms with Crippen LogP contribution >= 0.6 is 0 Å². The summed E-state index contributed by atoms with van der Waals surface area (Å²) >= 11 is 0. The van der Waals surface area contributed by atoms with Crippen molar-refractivity contribution in [2.45, 2.75) is 20.4 Å². The Labute approximate surface area is 87.2 Å². The minimum Gasteiger partial charge on any atom is -0.347 e. The molecule has 5 heteroatoms. The lowest BCUT2D eigenvalue weighted by atomic mass is 10.3. The number of amides is 1. The Balaban J connectivity index is 2.51. The summed E-state index contributed by atoms with van der Waals surface area (Å²) in [6.07, 6.45) is 1.51. The van der Waals surface area contributed by atoms with E-state index in [9.17, 15) is 9.59 Å². The van der Waals surface area contributed by atoms with Gasteiger partial charge in [-0.15, -0.1) is 0 Å². The second-order valence-electron chi connectivity index (χ2n) is 3.35. The molecule has 1 aromatic rings. The number of carbonyl (C=O) groups is 1. The molecule has 1 heterocycles. The zero-order chi connectivity index (χ0) is 11.3. The molecule has 0 fully saturated rings. The number of H-pyrrole nitrogens is 1. The summed E-state index contributed by atoms with van der Waals surface area (Å²) in [5.74, 6) is -0.164. The highest BCUT2D eigenvalue weighted by molar-refractivity contribution is 5.87. The molecule has 0 unspecified atom stereocenters. The van der Waals surface area contributed by atoms with Gasteiger partial charge in [-0.1, -0.05) is 5.57 Å². The Bertz CT molecular complexity index is 410. The first kappa shape index (κ1) is 11.2. The van der Waals surface area contributed by atoms with Gasteiger partial charge in [-0.25, -0.2) is 5.10 Å². The number of allylic oxidation sites excluding steroid dienone is 1. The van der Waals surface area contributed by atoms with E-state index in [0.29, 0.717) is 12.2 Å². The highest BCUT2D eigenvalue weighted by Gasteiger charge is 1.98. The molecule has 80 valence electrons. The molecule has 0 aliphatic heterocycles. The van der Waals surface area contributed by atoms with Crippen molar-refractivity contribution in [2.24, 2.45) is 0 Å². The van der Waals surface area contributed by atoms with Crippen LogP contribution < -0.4 is 10.9 Å². The van der Waals surface area contributed by atoms with E-state index in [-0.39, 0.29) is 11.5 Å². The van der Waals surface area contributed by atoms with Crippen molar-refractivity contribution in [3.8, 4) is 0 Å². The van der Waals surface area contributed by atoms with Crippen LogP contribution in [0.3, 0.4) is 0 Å². The van der Waals surface area contributed by atoms with Gasteiger partial charge in [0.05, 0.1) is 12.2 Å². The van der Waals surface area contributed by atoms with E-state index in [1.807, 2.05) is 13.8 Å². The van der Waals surface area contributed by atoms with E-state index in [1.165, 1.54) is 12.1 Å². The molecule has 5 nitrogen and oxygen atoms in total. The Morgan fingerprint density at radius 2 is 2.27 bits per heavy atom. The lowest BCUT2D eigenvalue weighted by molar-refractivity contribution is -0.116. The molecule has 0 bridgehead atoms. The molecule has 0 saturated carbocycles. The summed E-state index contributed by atoms with van der Waals surface area (Å²) in [7, 11) is 0. The van der Waals surface area contributed by atoms with Gasteiger partial charge in [-0.05, 0) is 19.9 Å². The summed E-state index contributed by atoms with van der Waals surface area (Å²) in [6, 6.07) is 2.94. The maximum absolute atomic E-state index is 11.2.